The highest BCUT2D eigenvalue weighted by Crippen LogP contribution is 2.34. The minimum Gasteiger partial charge on any atom is -0.318 e. The average Bonchev–Trinajstić information content (AvgIpc) is 3.16. The first kappa shape index (κ1) is 21.4. The number of hydrogen-bond donors (Lipinski definition) is 0. The Balaban J connectivity index is 1.91. The molecule has 2 aromatic rings. The summed E-state index contributed by atoms with van der Waals surface area (Å²) in [5.74, 6) is 0.0507. The molecule has 0 N–H and O–H groups in total. The fraction of sp³-hybridized carbons (Fsp3) is 0.417. The lowest BCUT2D eigenvalue weighted by atomic mass is 10.1. The minimum absolute atomic E-state index is 0.0507. The lowest BCUT2D eigenvalue weighted by molar-refractivity contribution is -0.122. The quantitative estimate of drug-likeness (QED) is 0.546. The molecule has 1 amide bonds. The smallest absolute Gasteiger partial charge is 0.266 e. The Hall–Kier alpha value is -2.27. The fourth-order valence-electron chi connectivity index (χ4n) is 3.70. The van der Waals surface area contributed by atoms with Gasteiger partial charge in [-0.1, -0.05) is 25.5 Å². The lowest BCUT2D eigenvalue weighted by Gasteiger charge is -2.11. The molecule has 0 saturated carbocycles. The van der Waals surface area contributed by atoms with Crippen molar-refractivity contribution in [2.24, 2.45) is 4.99 Å². The zero-order valence-electron chi connectivity index (χ0n) is 18.2. The SMILES string of the molecule is CCCCc1ccc(-n2c(C)cc(C=C3SC(=NCC)N(CC)C3=O)c2C)cc1. The maximum atomic E-state index is 12.8. The number of amidine groups is 1. The first-order chi connectivity index (χ1) is 14.0. The van der Waals surface area contributed by atoms with Crippen LogP contribution in [0.1, 0.15) is 56.1 Å². The molecular weight excluding hydrogens is 378 g/mol. The number of thioether (sulfide) groups is 1. The molecule has 0 radical (unpaired) electrons. The van der Waals surface area contributed by atoms with Crippen molar-refractivity contribution >= 4 is 28.9 Å². The molecule has 1 aliphatic heterocycles. The summed E-state index contributed by atoms with van der Waals surface area (Å²) in [6, 6.07) is 11.0. The number of aryl methyl sites for hydroxylation is 2. The van der Waals surface area contributed by atoms with E-state index in [0.29, 0.717) is 13.1 Å². The average molecular weight is 410 g/mol. The molecular formula is C24H31N3OS. The van der Waals surface area contributed by atoms with Crippen LogP contribution in [0, 0.1) is 13.8 Å². The summed E-state index contributed by atoms with van der Waals surface area (Å²) in [5.41, 5.74) is 5.95. The van der Waals surface area contributed by atoms with Gasteiger partial charge >= 0.3 is 0 Å². The maximum absolute atomic E-state index is 12.8. The van der Waals surface area contributed by atoms with E-state index >= 15 is 0 Å². The number of rotatable bonds is 7. The van der Waals surface area contributed by atoms with Gasteiger partial charge in [0, 0.05) is 30.2 Å². The molecule has 154 valence electrons. The van der Waals surface area contributed by atoms with E-state index in [2.05, 4.69) is 60.7 Å². The molecule has 3 rings (SSSR count). The van der Waals surface area contributed by atoms with Gasteiger partial charge < -0.3 is 4.57 Å². The van der Waals surface area contributed by atoms with E-state index in [0.717, 1.165) is 27.8 Å². The molecule has 0 unspecified atom stereocenters. The third kappa shape index (κ3) is 4.50. The number of amides is 1. The van der Waals surface area contributed by atoms with Crippen molar-refractivity contribution in [3.8, 4) is 5.69 Å². The van der Waals surface area contributed by atoms with Crippen molar-refractivity contribution < 1.29 is 4.79 Å². The molecule has 1 saturated heterocycles. The Bertz CT molecular complexity index is 938. The zero-order chi connectivity index (χ0) is 21.0. The highest BCUT2D eigenvalue weighted by molar-refractivity contribution is 8.18. The van der Waals surface area contributed by atoms with Crippen molar-refractivity contribution in [3.05, 3.63) is 57.8 Å². The Morgan fingerprint density at radius 1 is 1.10 bits per heavy atom. The molecule has 0 atom stereocenters. The van der Waals surface area contributed by atoms with Crippen LogP contribution in [0.2, 0.25) is 0 Å². The van der Waals surface area contributed by atoms with Crippen molar-refractivity contribution in [3.63, 3.8) is 0 Å². The Morgan fingerprint density at radius 3 is 2.45 bits per heavy atom. The topological polar surface area (TPSA) is 37.6 Å². The van der Waals surface area contributed by atoms with Gasteiger partial charge in [-0.15, -0.1) is 0 Å². The van der Waals surface area contributed by atoms with Crippen LogP contribution in [0.4, 0.5) is 0 Å². The van der Waals surface area contributed by atoms with Crippen molar-refractivity contribution in [1.82, 2.24) is 9.47 Å². The number of aromatic nitrogens is 1. The summed E-state index contributed by atoms with van der Waals surface area (Å²) >= 11 is 1.48. The molecule has 0 spiro atoms. The molecule has 1 aliphatic rings. The van der Waals surface area contributed by atoms with E-state index in [1.54, 1.807) is 4.90 Å². The van der Waals surface area contributed by atoms with E-state index in [-0.39, 0.29) is 5.91 Å². The Kier molecular flexibility index (Phi) is 7.01. The summed E-state index contributed by atoms with van der Waals surface area (Å²) in [4.78, 5) is 19.8. The van der Waals surface area contributed by atoms with E-state index < -0.39 is 0 Å². The highest BCUT2D eigenvalue weighted by Gasteiger charge is 2.32. The molecule has 4 nitrogen and oxygen atoms in total. The lowest BCUT2D eigenvalue weighted by Crippen LogP contribution is -2.28. The second-order valence-corrected chi connectivity index (χ2v) is 8.36. The number of unbranched alkanes of at least 4 members (excludes halogenated alkanes) is 1. The summed E-state index contributed by atoms with van der Waals surface area (Å²) in [6.07, 6.45) is 5.59. The number of aliphatic imine (C=N–C) groups is 1. The van der Waals surface area contributed by atoms with E-state index in [9.17, 15) is 4.79 Å². The van der Waals surface area contributed by atoms with Gasteiger partial charge in [0.15, 0.2) is 5.17 Å². The van der Waals surface area contributed by atoms with E-state index in [1.165, 1.54) is 41.5 Å². The van der Waals surface area contributed by atoms with Crippen LogP contribution in [-0.4, -0.2) is 33.6 Å². The number of carbonyl (C=O) groups excluding carboxylic acids is 1. The molecule has 1 aromatic heterocycles. The van der Waals surface area contributed by atoms with Gasteiger partial charge in [-0.05, 0) is 87.7 Å². The zero-order valence-corrected chi connectivity index (χ0v) is 19.0. The second kappa shape index (κ2) is 9.49. The first-order valence-electron chi connectivity index (χ1n) is 10.5. The fourth-order valence-corrected chi connectivity index (χ4v) is 4.80. The molecule has 0 bridgehead atoms. The third-order valence-electron chi connectivity index (χ3n) is 5.27. The van der Waals surface area contributed by atoms with Crippen LogP contribution in [0.3, 0.4) is 0 Å². The van der Waals surface area contributed by atoms with Crippen molar-refractivity contribution in [2.75, 3.05) is 13.1 Å². The number of likely N-dealkylation sites (N-methyl/N-ethyl adjacent to an activating group) is 1. The number of benzene rings is 1. The summed E-state index contributed by atoms with van der Waals surface area (Å²) in [7, 11) is 0. The van der Waals surface area contributed by atoms with Gasteiger partial charge in [0.25, 0.3) is 5.91 Å². The van der Waals surface area contributed by atoms with Crippen LogP contribution >= 0.6 is 11.8 Å². The standard InChI is InChI=1S/C24H31N3OS/c1-6-9-10-19-11-13-21(14-12-19)27-17(4)15-20(18(27)5)16-22-23(28)26(8-3)24(29-22)25-7-2/h11-16H,6-10H2,1-5H3. The van der Waals surface area contributed by atoms with Crippen molar-refractivity contribution in [1.29, 1.82) is 0 Å². The number of carbonyl (C=O) groups is 1. The van der Waals surface area contributed by atoms with Crippen LogP contribution in [-0.2, 0) is 11.2 Å². The van der Waals surface area contributed by atoms with Gasteiger partial charge in [-0.3, -0.25) is 14.7 Å². The monoisotopic (exact) mass is 409 g/mol. The summed E-state index contributed by atoms with van der Waals surface area (Å²) in [5, 5.41) is 0.808. The minimum atomic E-state index is 0.0507. The van der Waals surface area contributed by atoms with Crippen LogP contribution in [0.25, 0.3) is 11.8 Å². The Labute approximate surface area is 178 Å². The van der Waals surface area contributed by atoms with Gasteiger partial charge in [-0.2, -0.15) is 0 Å². The highest BCUT2D eigenvalue weighted by atomic mass is 32.2. The predicted octanol–water partition coefficient (Wildman–Crippen LogP) is 5.75. The molecule has 2 heterocycles. The van der Waals surface area contributed by atoms with Gasteiger partial charge in [-0.25, -0.2) is 0 Å². The predicted molar refractivity (Wildman–Crippen MR) is 125 cm³/mol. The normalized spacial score (nSPS) is 17.1. The maximum Gasteiger partial charge on any atom is 0.266 e. The van der Waals surface area contributed by atoms with Crippen LogP contribution in [0.15, 0.2) is 40.2 Å². The molecule has 0 aliphatic carbocycles. The molecule has 1 aromatic carbocycles. The van der Waals surface area contributed by atoms with Gasteiger partial charge in [0.05, 0.1) is 4.91 Å². The number of hydrogen-bond acceptors (Lipinski definition) is 3. The van der Waals surface area contributed by atoms with Crippen LogP contribution in [0.5, 0.6) is 0 Å². The van der Waals surface area contributed by atoms with E-state index in [1.807, 2.05) is 19.9 Å². The van der Waals surface area contributed by atoms with E-state index in [4.69, 9.17) is 0 Å². The molecule has 5 heteroatoms. The third-order valence-corrected chi connectivity index (χ3v) is 6.31. The van der Waals surface area contributed by atoms with Crippen LogP contribution < -0.4 is 0 Å². The first-order valence-corrected chi connectivity index (χ1v) is 11.4. The van der Waals surface area contributed by atoms with Crippen molar-refractivity contribution in [2.45, 2.75) is 53.9 Å². The number of nitrogens with zero attached hydrogens (tertiary/aromatic N) is 3. The molecule has 1 fully saturated rings. The summed E-state index contributed by atoms with van der Waals surface area (Å²) < 4.78 is 2.26. The van der Waals surface area contributed by atoms with Gasteiger partial charge in [0.2, 0.25) is 0 Å². The van der Waals surface area contributed by atoms with Gasteiger partial charge in [0.1, 0.15) is 0 Å². The molecule has 29 heavy (non-hydrogen) atoms. The largest absolute Gasteiger partial charge is 0.318 e. The second-order valence-electron chi connectivity index (χ2n) is 7.35. The Morgan fingerprint density at radius 2 is 1.83 bits per heavy atom. The summed E-state index contributed by atoms with van der Waals surface area (Å²) in [6.45, 7) is 11.8.